The Balaban J connectivity index is 2.60. The number of hydrogen-bond acceptors (Lipinski definition) is 2. The topological polar surface area (TPSA) is 40.5 Å². The number of aromatic hydroxyl groups is 2. The Morgan fingerprint density at radius 3 is 1.45 bits per heavy atom. The molecule has 0 unspecified atom stereocenters. The molecule has 0 radical (unpaired) electrons. The van der Waals surface area contributed by atoms with Crippen LogP contribution in [0.3, 0.4) is 0 Å². The van der Waals surface area contributed by atoms with E-state index in [-0.39, 0.29) is 22.6 Å². The van der Waals surface area contributed by atoms with Crippen LogP contribution >= 0.6 is 0 Å². The molecule has 0 atom stereocenters. The minimum Gasteiger partial charge on any atom is -0.507 e. The zero-order valence-electron chi connectivity index (χ0n) is 12.2. The van der Waals surface area contributed by atoms with Crippen LogP contribution in [0.4, 0.5) is 4.39 Å². The van der Waals surface area contributed by atoms with E-state index in [2.05, 4.69) is 0 Å². The van der Waals surface area contributed by atoms with Gasteiger partial charge in [-0.15, -0.1) is 0 Å². The minimum absolute atomic E-state index is 0.0540. The lowest BCUT2D eigenvalue weighted by atomic mass is 9.94. The van der Waals surface area contributed by atoms with Gasteiger partial charge in [-0.05, 0) is 51.0 Å². The molecule has 0 saturated carbocycles. The molecular weight excluding hydrogens is 255 g/mol. The van der Waals surface area contributed by atoms with Gasteiger partial charge < -0.3 is 10.2 Å². The number of halogens is 1. The number of aryl methyl sites for hydroxylation is 4. The van der Waals surface area contributed by atoms with E-state index in [1.165, 1.54) is 0 Å². The van der Waals surface area contributed by atoms with Crippen molar-refractivity contribution in [3.05, 3.63) is 57.6 Å². The van der Waals surface area contributed by atoms with Gasteiger partial charge in [-0.1, -0.05) is 23.3 Å². The molecule has 2 nitrogen and oxygen atoms in total. The largest absolute Gasteiger partial charge is 0.507 e. The third-order valence-electron chi connectivity index (χ3n) is 3.49. The number of alkyl halides is 1. The lowest BCUT2D eigenvalue weighted by molar-refractivity contribution is 0.362. The van der Waals surface area contributed by atoms with Gasteiger partial charge in [0.15, 0.2) is 6.17 Å². The molecule has 3 heteroatoms. The summed E-state index contributed by atoms with van der Waals surface area (Å²) in [6.45, 7) is 7.17. The molecule has 0 heterocycles. The summed E-state index contributed by atoms with van der Waals surface area (Å²) in [5.74, 6) is -0.108. The average molecular weight is 274 g/mol. The zero-order chi connectivity index (χ0) is 15.0. The van der Waals surface area contributed by atoms with Crippen molar-refractivity contribution in [3.63, 3.8) is 0 Å². The Bertz CT molecular complexity index is 605. The van der Waals surface area contributed by atoms with Crippen molar-refractivity contribution < 1.29 is 14.6 Å². The molecule has 20 heavy (non-hydrogen) atoms. The zero-order valence-corrected chi connectivity index (χ0v) is 12.2. The van der Waals surface area contributed by atoms with Gasteiger partial charge in [-0.25, -0.2) is 4.39 Å². The summed E-state index contributed by atoms with van der Waals surface area (Å²) in [6, 6.07) is 6.83. The SMILES string of the molecule is Cc1cc(C)c(O)c(C(F)c2cc(C)cc(C)c2O)c1. The van der Waals surface area contributed by atoms with Gasteiger partial charge in [-0.2, -0.15) is 0 Å². The van der Waals surface area contributed by atoms with E-state index < -0.39 is 6.17 Å². The molecule has 0 bridgehead atoms. The van der Waals surface area contributed by atoms with E-state index in [1.54, 1.807) is 38.1 Å². The second-order valence-electron chi connectivity index (χ2n) is 5.40. The highest BCUT2D eigenvalue weighted by Gasteiger charge is 2.22. The van der Waals surface area contributed by atoms with Gasteiger partial charge >= 0.3 is 0 Å². The second kappa shape index (κ2) is 5.16. The minimum atomic E-state index is -1.55. The van der Waals surface area contributed by atoms with Crippen LogP contribution in [0, 0.1) is 27.7 Å². The fraction of sp³-hybridized carbons (Fsp3) is 0.294. The molecule has 0 amide bonds. The summed E-state index contributed by atoms with van der Waals surface area (Å²) in [7, 11) is 0. The maximum absolute atomic E-state index is 14.8. The molecule has 0 fully saturated rings. The summed E-state index contributed by atoms with van der Waals surface area (Å²) in [4.78, 5) is 0. The Morgan fingerprint density at radius 2 is 1.10 bits per heavy atom. The van der Waals surface area contributed by atoms with Crippen molar-refractivity contribution in [1.82, 2.24) is 0 Å². The smallest absolute Gasteiger partial charge is 0.157 e. The number of rotatable bonds is 2. The Kier molecular flexibility index (Phi) is 3.71. The molecule has 0 spiro atoms. The molecule has 0 aliphatic heterocycles. The maximum Gasteiger partial charge on any atom is 0.157 e. The predicted molar refractivity (Wildman–Crippen MR) is 78.1 cm³/mol. The first-order valence-electron chi connectivity index (χ1n) is 6.55. The normalized spacial score (nSPS) is 11.1. The van der Waals surface area contributed by atoms with Crippen LogP contribution < -0.4 is 0 Å². The summed E-state index contributed by atoms with van der Waals surface area (Å²) < 4.78 is 14.8. The van der Waals surface area contributed by atoms with Gasteiger partial charge in [0, 0.05) is 11.1 Å². The van der Waals surface area contributed by atoms with E-state index in [0.717, 1.165) is 11.1 Å². The standard InChI is InChI=1S/C17H19FO2/c1-9-5-11(3)16(19)13(7-9)15(18)14-8-10(2)6-12(4)17(14)20/h5-8,15,19-20H,1-4H3. The Hall–Kier alpha value is -2.03. The monoisotopic (exact) mass is 274 g/mol. The van der Waals surface area contributed by atoms with Crippen LogP contribution in [-0.2, 0) is 0 Å². The van der Waals surface area contributed by atoms with Crippen molar-refractivity contribution in [3.8, 4) is 11.5 Å². The van der Waals surface area contributed by atoms with Crippen LogP contribution in [0.15, 0.2) is 24.3 Å². The average Bonchev–Trinajstić information content (AvgIpc) is 2.37. The summed E-state index contributed by atoms with van der Waals surface area (Å²) in [5.41, 5.74) is 3.41. The van der Waals surface area contributed by atoms with Gasteiger partial charge in [0.1, 0.15) is 11.5 Å². The predicted octanol–water partition coefficient (Wildman–Crippen LogP) is 4.39. The molecule has 106 valence electrons. The summed E-state index contributed by atoms with van der Waals surface area (Å²) in [6.07, 6.45) is -1.55. The van der Waals surface area contributed by atoms with E-state index in [1.807, 2.05) is 13.8 Å². The van der Waals surface area contributed by atoms with Crippen molar-refractivity contribution in [2.75, 3.05) is 0 Å². The highest BCUT2D eigenvalue weighted by molar-refractivity contribution is 5.52. The molecule has 2 rings (SSSR count). The van der Waals surface area contributed by atoms with Crippen molar-refractivity contribution >= 4 is 0 Å². The first-order valence-corrected chi connectivity index (χ1v) is 6.55. The number of phenols is 2. The van der Waals surface area contributed by atoms with Gasteiger partial charge in [0.2, 0.25) is 0 Å². The van der Waals surface area contributed by atoms with Gasteiger partial charge in [0.25, 0.3) is 0 Å². The van der Waals surface area contributed by atoms with E-state index in [0.29, 0.717) is 11.1 Å². The van der Waals surface area contributed by atoms with Crippen LogP contribution in [0.5, 0.6) is 11.5 Å². The summed E-state index contributed by atoms with van der Waals surface area (Å²) >= 11 is 0. The third-order valence-corrected chi connectivity index (χ3v) is 3.49. The van der Waals surface area contributed by atoms with E-state index >= 15 is 0 Å². The fourth-order valence-corrected chi connectivity index (χ4v) is 2.54. The van der Waals surface area contributed by atoms with Crippen molar-refractivity contribution in [1.29, 1.82) is 0 Å². The van der Waals surface area contributed by atoms with Crippen LogP contribution in [0.25, 0.3) is 0 Å². The highest BCUT2D eigenvalue weighted by atomic mass is 19.1. The molecule has 0 aliphatic rings. The third kappa shape index (κ3) is 2.48. The Morgan fingerprint density at radius 1 is 0.750 bits per heavy atom. The van der Waals surface area contributed by atoms with Crippen molar-refractivity contribution in [2.45, 2.75) is 33.9 Å². The lowest BCUT2D eigenvalue weighted by Crippen LogP contribution is -1.99. The number of phenolic OH excluding ortho intramolecular Hbond substituents is 2. The highest BCUT2D eigenvalue weighted by Crippen LogP contribution is 2.40. The Labute approximate surface area is 118 Å². The lowest BCUT2D eigenvalue weighted by Gasteiger charge is -2.16. The summed E-state index contributed by atoms with van der Waals surface area (Å²) in [5, 5.41) is 20.1. The first-order chi connectivity index (χ1) is 9.31. The van der Waals surface area contributed by atoms with Gasteiger partial charge in [-0.3, -0.25) is 0 Å². The second-order valence-corrected chi connectivity index (χ2v) is 5.40. The molecule has 0 saturated heterocycles. The molecular formula is C17H19FO2. The molecule has 0 aromatic heterocycles. The molecule has 2 aromatic carbocycles. The molecule has 2 aromatic rings. The number of benzene rings is 2. The molecule has 2 N–H and O–H groups in total. The van der Waals surface area contributed by atoms with Crippen LogP contribution in [0.1, 0.15) is 39.6 Å². The van der Waals surface area contributed by atoms with Crippen LogP contribution in [-0.4, -0.2) is 10.2 Å². The van der Waals surface area contributed by atoms with E-state index in [4.69, 9.17) is 0 Å². The fourth-order valence-electron chi connectivity index (χ4n) is 2.54. The van der Waals surface area contributed by atoms with Gasteiger partial charge in [0.05, 0.1) is 0 Å². The first kappa shape index (κ1) is 14.4. The van der Waals surface area contributed by atoms with Crippen LogP contribution in [0.2, 0.25) is 0 Å². The number of hydrogen-bond donors (Lipinski definition) is 2. The quantitative estimate of drug-likeness (QED) is 0.852. The maximum atomic E-state index is 14.8. The van der Waals surface area contributed by atoms with Crippen molar-refractivity contribution in [2.24, 2.45) is 0 Å². The molecule has 0 aliphatic carbocycles. The van der Waals surface area contributed by atoms with E-state index in [9.17, 15) is 14.6 Å².